The standard InChI is InChI=1S/2C12H11.2ClH.Zr/c2*1-9(2)12-7-10-5-3-4-6-11(10)8-12;;;/h2*3-8H,1H2,2H3;2*1H;/q2*-1;;;+2/p-2. The topological polar surface area (TPSA) is 0 Å². The zero-order valence-corrected chi connectivity index (χ0v) is 19.6. The average Bonchev–Trinajstić information content (AvgIpc) is 3.27. The minimum atomic E-state index is -0.826. The van der Waals surface area contributed by atoms with E-state index in [1.54, 1.807) is 0 Å². The Balaban J connectivity index is 0.000000170. The number of benzene rings is 2. The number of rotatable bonds is 2. The summed E-state index contributed by atoms with van der Waals surface area (Å²) >= 11 is -0.826. The van der Waals surface area contributed by atoms with Gasteiger partial charge in [-0.3, -0.25) is 0 Å². The molecule has 27 heavy (non-hydrogen) atoms. The summed E-state index contributed by atoms with van der Waals surface area (Å²) in [6, 6.07) is 25.5. The Kier molecular flexibility index (Phi) is 8.77. The SMILES string of the molecule is C=C(C)c1cc2cc[cH-]cc-2c1.C=C(C)c1cc2cc[cH-]cc-2c1.[Cl][Zr][Cl]. The van der Waals surface area contributed by atoms with E-state index in [0.29, 0.717) is 0 Å². The van der Waals surface area contributed by atoms with Crippen LogP contribution in [0.4, 0.5) is 0 Å². The van der Waals surface area contributed by atoms with E-state index in [1.165, 1.54) is 33.4 Å². The van der Waals surface area contributed by atoms with Gasteiger partial charge in [0.15, 0.2) is 0 Å². The van der Waals surface area contributed by atoms with Crippen molar-refractivity contribution in [2.75, 3.05) is 0 Å². The third kappa shape index (κ3) is 6.32. The van der Waals surface area contributed by atoms with Gasteiger partial charge in [0.05, 0.1) is 0 Å². The normalized spacial score (nSPS) is 9.78. The van der Waals surface area contributed by atoms with E-state index in [-0.39, 0.29) is 0 Å². The maximum absolute atomic E-state index is 4.93. The van der Waals surface area contributed by atoms with Crippen molar-refractivity contribution in [1.82, 2.24) is 0 Å². The summed E-state index contributed by atoms with van der Waals surface area (Å²) in [7, 11) is 9.87. The van der Waals surface area contributed by atoms with Crippen molar-refractivity contribution in [2.45, 2.75) is 13.8 Å². The molecule has 4 aliphatic rings. The van der Waals surface area contributed by atoms with Crippen molar-refractivity contribution in [3.05, 3.63) is 97.1 Å². The molecule has 138 valence electrons. The van der Waals surface area contributed by atoms with Crippen LogP contribution in [0, 0.1) is 0 Å². The number of hydrogen-bond acceptors (Lipinski definition) is 0. The summed E-state index contributed by atoms with van der Waals surface area (Å²) in [6.07, 6.45) is 0. The van der Waals surface area contributed by atoms with Crippen molar-refractivity contribution in [3.8, 4) is 22.3 Å². The fourth-order valence-electron chi connectivity index (χ4n) is 2.79. The van der Waals surface area contributed by atoms with Crippen LogP contribution in [0.15, 0.2) is 86.0 Å². The van der Waals surface area contributed by atoms with Crippen LogP contribution in [0.1, 0.15) is 25.0 Å². The summed E-state index contributed by atoms with van der Waals surface area (Å²) in [5, 5.41) is 0. The van der Waals surface area contributed by atoms with E-state index >= 15 is 0 Å². The van der Waals surface area contributed by atoms with Crippen molar-refractivity contribution < 1.29 is 20.8 Å². The van der Waals surface area contributed by atoms with Gasteiger partial charge in [-0.25, -0.2) is 0 Å². The van der Waals surface area contributed by atoms with Gasteiger partial charge in [-0.1, -0.05) is 36.4 Å². The van der Waals surface area contributed by atoms with Gasteiger partial charge >= 0.3 is 37.9 Å². The Labute approximate surface area is 181 Å². The Hall–Kier alpha value is -1.40. The fraction of sp³-hybridized carbons (Fsp3) is 0.0833. The molecule has 3 heteroatoms. The molecule has 0 aliphatic heterocycles. The quantitative estimate of drug-likeness (QED) is 0.257. The van der Waals surface area contributed by atoms with E-state index in [1.807, 2.05) is 13.8 Å². The second kappa shape index (κ2) is 10.8. The molecule has 0 amide bonds. The molecule has 0 bridgehead atoms. The molecule has 0 aromatic heterocycles. The van der Waals surface area contributed by atoms with Crippen LogP contribution in [-0.2, 0) is 20.8 Å². The van der Waals surface area contributed by atoms with E-state index in [4.69, 9.17) is 17.0 Å². The molecule has 0 spiro atoms. The van der Waals surface area contributed by atoms with Gasteiger partial charge in [0.1, 0.15) is 0 Å². The zero-order valence-electron chi connectivity index (χ0n) is 15.6. The summed E-state index contributed by atoms with van der Waals surface area (Å²) in [5.41, 5.74) is 9.96. The van der Waals surface area contributed by atoms with Crippen LogP contribution in [0.3, 0.4) is 0 Å². The van der Waals surface area contributed by atoms with Crippen LogP contribution in [0.2, 0.25) is 0 Å². The Morgan fingerprint density at radius 3 is 1.37 bits per heavy atom. The molecule has 0 N–H and O–H groups in total. The van der Waals surface area contributed by atoms with Crippen molar-refractivity contribution in [1.29, 1.82) is 0 Å². The summed E-state index contributed by atoms with van der Waals surface area (Å²) in [5.74, 6) is 0. The summed E-state index contributed by atoms with van der Waals surface area (Å²) in [4.78, 5) is 0. The summed E-state index contributed by atoms with van der Waals surface area (Å²) < 4.78 is 0. The van der Waals surface area contributed by atoms with Crippen LogP contribution >= 0.6 is 17.0 Å². The molecule has 0 fully saturated rings. The van der Waals surface area contributed by atoms with Crippen LogP contribution in [0.5, 0.6) is 0 Å². The maximum atomic E-state index is 4.93. The molecule has 4 aliphatic carbocycles. The van der Waals surface area contributed by atoms with Gasteiger partial charge in [0.2, 0.25) is 0 Å². The third-order valence-electron chi connectivity index (χ3n) is 4.22. The van der Waals surface area contributed by atoms with Crippen molar-refractivity contribution in [3.63, 3.8) is 0 Å². The van der Waals surface area contributed by atoms with E-state index < -0.39 is 20.8 Å². The second-order valence-electron chi connectivity index (χ2n) is 6.38. The van der Waals surface area contributed by atoms with Gasteiger partial charge < -0.3 is 0 Å². The molecule has 0 radical (unpaired) electrons. The molecule has 0 aromatic carbocycles. The molecule has 0 aromatic rings. The molecular formula is C24H22Cl2Zr-2. The second-order valence-corrected chi connectivity index (χ2v) is 10.1. The first kappa shape index (κ1) is 21.9. The third-order valence-corrected chi connectivity index (χ3v) is 4.22. The Morgan fingerprint density at radius 1 is 0.741 bits per heavy atom. The molecule has 0 nitrogen and oxygen atoms in total. The van der Waals surface area contributed by atoms with E-state index in [9.17, 15) is 0 Å². The molecule has 0 saturated heterocycles. The van der Waals surface area contributed by atoms with Gasteiger partial charge in [-0.05, 0) is 25.0 Å². The molecule has 0 saturated carbocycles. The predicted octanol–water partition coefficient (Wildman–Crippen LogP) is 8.46. The first-order valence-corrected chi connectivity index (χ1v) is 14.9. The van der Waals surface area contributed by atoms with Crippen molar-refractivity contribution in [2.24, 2.45) is 0 Å². The molecule has 0 atom stereocenters. The number of halogens is 2. The van der Waals surface area contributed by atoms with Crippen LogP contribution in [0.25, 0.3) is 33.4 Å². The van der Waals surface area contributed by atoms with Gasteiger partial charge in [0.25, 0.3) is 0 Å². The summed E-state index contributed by atoms with van der Waals surface area (Å²) in [6.45, 7) is 11.9. The van der Waals surface area contributed by atoms with Gasteiger partial charge in [0, 0.05) is 0 Å². The first-order chi connectivity index (χ1) is 13.0. The fourth-order valence-corrected chi connectivity index (χ4v) is 2.79. The monoisotopic (exact) mass is 470 g/mol. The minimum absolute atomic E-state index is 0.826. The molecule has 0 unspecified atom stereocenters. The number of hydrogen-bond donors (Lipinski definition) is 0. The van der Waals surface area contributed by atoms with Crippen LogP contribution in [-0.4, -0.2) is 0 Å². The van der Waals surface area contributed by atoms with Crippen molar-refractivity contribution >= 4 is 28.2 Å². The Bertz CT molecular complexity index is 807. The Morgan fingerprint density at radius 2 is 1.07 bits per heavy atom. The van der Waals surface area contributed by atoms with Crippen LogP contribution < -0.4 is 0 Å². The zero-order chi connectivity index (χ0) is 19.8. The van der Waals surface area contributed by atoms with E-state index in [2.05, 4.69) is 86.0 Å². The molecular weight excluding hydrogens is 450 g/mol. The number of fused-ring (bicyclic) bond motifs is 2. The molecule has 0 heterocycles. The first-order valence-electron chi connectivity index (χ1n) is 8.55. The van der Waals surface area contributed by atoms with Gasteiger partial charge in [-0.15, -0.1) is 34.4 Å². The number of allylic oxidation sites excluding steroid dienone is 2. The van der Waals surface area contributed by atoms with E-state index in [0.717, 1.165) is 11.1 Å². The average molecular weight is 473 g/mol. The van der Waals surface area contributed by atoms with Gasteiger partial charge in [-0.2, -0.15) is 48.5 Å². The predicted molar refractivity (Wildman–Crippen MR) is 118 cm³/mol. The molecule has 4 rings (SSSR count).